The molecular weight excluding hydrogens is 360 g/mol. The molecule has 2 nitrogen and oxygen atoms in total. The second kappa shape index (κ2) is 9.79. The summed E-state index contributed by atoms with van der Waals surface area (Å²) in [6.45, 7) is 14.1. The lowest BCUT2D eigenvalue weighted by Gasteiger charge is -2.28. The van der Waals surface area contributed by atoms with E-state index in [1.165, 1.54) is 46.6 Å². The second-order valence-electron chi connectivity index (χ2n) is 7.94. The summed E-state index contributed by atoms with van der Waals surface area (Å²) in [5, 5.41) is 3.04. The minimum atomic E-state index is -1.32. The minimum Gasteiger partial charge on any atom is -0.261 e. The monoisotopic (exact) mass is 398 g/mol. The van der Waals surface area contributed by atoms with E-state index in [2.05, 4.69) is 78.2 Å². The van der Waals surface area contributed by atoms with Crippen molar-refractivity contribution in [2.45, 2.75) is 84.2 Å². The number of aromatic nitrogens is 2. The van der Waals surface area contributed by atoms with Crippen molar-refractivity contribution in [1.29, 1.82) is 0 Å². The Morgan fingerprint density at radius 2 is 0.889 bits per heavy atom. The maximum Gasteiger partial charge on any atom is 0.0879 e. The molecule has 0 spiro atoms. The van der Waals surface area contributed by atoms with Gasteiger partial charge in [0, 0.05) is 30.2 Å². The maximum absolute atomic E-state index is 4.81. The molecule has 4 heteroatoms. The van der Waals surface area contributed by atoms with E-state index in [1.807, 2.05) is 0 Å². The van der Waals surface area contributed by atoms with Gasteiger partial charge in [-0.25, -0.2) is 0 Å². The maximum atomic E-state index is 4.81. The lowest BCUT2D eigenvalue weighted by Crippen LogP contribution is -2.46. The molecule has 0 N–H and O–H groups in total. The minimum absolute atomic E-state index is 0.832. The standard InChI is InChI=1S/C23H38N2Si2/c1-7-26(8-2,9-3)22-15-13-20(24-18-22)17-21-14-16-23(19-25-21)27(10-4,11-5)12-6/h13-16,18-19H,7-12,17H2,1-6H3. The van der Waals surface area contributed by atoms with Crippen molar-refractivity contribution in [3.05, 3.63) is 48.0 Å². The number of hydrogen-bond acceptors (Lipinski definition) is 2. The van der Waals surface area contributed by atoms with Crippen molar-refractivity contribution in [2.24, 2.45) is 0 Å². The number of rotatable bonds is 10. The van der Waals surface area contributed by atoms with Crippen LogP contribution in [-0.4, -0.2) is 26.1 Å². The molecule has 27 heavy (non-hydrogen) atoms. The summed E-state index contributed by atoms with van der Waals surface area (Å²) >= 11 is 0. The molecule has 0 bridgehead atoms. The predicted octanol–water partition coefficient (Wildman–Crippen LogP) is 5.50. The lowest BCUT2D eigenvalue weighted by molar-refractivity contribution is 1.01. The number of pyridine rings is 2. The largest absolute Gasteiger partial charge is 0.261 e. The van der Waals surface area contributed by atoms with Crippen LogP contribution in [-0.2, 0) is 6.42 Å². The van der Waals surface area contributed by atoms with Crippen molar-refractivity contribution in [1.82, 2.24) is 9.97 Å². The zero-order chi connectivity index (χ0) is 19.9. The average Bonchev–Trinajstić information content (AvgIpc) is 2.74. The van der Waals surface area contributed by atoms with Crippen LogP contribution in [0.3, 0.4) is 0 Å². The Hall–Kier alpha value is -1.27. The van der Waals surface area contributed by atoms with Crippen LogP contribution in [0.4, 0.5) is 0 Å². The Labute approximate surface area is 168 Å². The molecule has 0 saturated carbocycles. The molecule has 0 aliphatic rings. The van der Waals surface area contributed by atoms with Gasteiger partial charge in [-0.1, -0.05) is 89.9 Å². The molecule has 0 aliphatic heterocycles. The van der Waals surface area contributed by atoms with Crippen LogP contribution in [0.5, 0.6) is 0 Å². The highest BCUT2D eigenvalue weighted by molar-refractivity contribution is 6.92. The third-order valence-corrected chi connectivity index (χ3v) is 18.5. The molecule has 0 amide bonds. The van der Waals surface area contributed by atoms with Crippen LogP contribution < -0.4 is 10.4 Å². The van der Waals surface area contributed by atoms with Crippen molar-refractivity contribution in [3.8, 4) is 0 Å². The molecule has 0 fully saturated rings. The van der Waals surface area contributed by atoms with Crippen molar-refractivity contribution >= 4 is 26.5 Å². The fraction of sp³-hybridized carbons (Fsp3) is 0.565. The molecule has 2 heterocycles. The predicted molar refractivity (Wildman–Crippen MR) is 125 cm³/mol. The smallest absolute Gasteiger partial charge is 0.0879 e. The Bertz CT molecular complexity index is 609. The third kappa shape index (κ3) is 4.60. The summed E-state index contributed by atoms with van der Waals surface area (Å²) in [4.78, 5) is 9.61. The van der Waals surface area contributed by atoms with Crippen LogP contribution >= 0.6 is 0 Å². The Morgan fingerprint density at radius 1 is 0.556 bits per heavy atom. The summed E-state index contributed by atoms with van der Waals surface area (Å²) in [5.74, 6) is 0. The van der Waals surface area contributed by atoms with Gasteiger partial charge in [0.1, 0.15) is 0 Å². The molecule has 0 aliphatic carbocycles. The molecule has 0 radical (unpaired) electrons. The van der Waals surface area contributed by atoms with Gasteiger partial charge in [-0.2, -0.15) is 0 Å². The Morgan fingerprint density at radius 3 is 1.11 bits per heavy atom. The van der Waals surface area contributed by atoms with Gasteiger partial charge in [0.25, 0.3) is 0 Å². The molecule has 0 unspecified atom stereocenters. The van der Waals surface area contributed by atoms with E-state index in [4.69, 9.17) is 9.97 Å². The van der Waals surface area contributed by atoms with Crippen LogP contribution in [0.25, 0.3) is 0 Å². The van der Waals surface area contributed by atoms with Gasteiger partial charge in [0.15, 0.2) is 0 Å². The molecule has 148 valence electrons. The van der Waals surface area contributed by atoms with Gasteiger partial charge in [-0.15, -0.1) is 0 Å². The fourth-order valence-corrected chi connectivity index (χ4v) is 11.6. The molecule has 0 saturated heterocycles. The quantitative estimate of drug-likeness (QED) is 0.494. The highest BCUT2D eigenvalue weighted by atomic mass is 28.3. The van der Waals surface area contributed by atoms with E-state index in [0.717, 1.165) is 17.8 Å². The van der Waals surface area contributed by atoms with E-state index >= 15 is 0 Å². The van der Waals surface area contributed by atoms with Crippen LogP contribution in [0.2, 0.25) is 36.3 Å². The zero-order valence-electron chi connectivity index (χ0n) is 18.3. The van der Waals surface area contributed by atoms with Gasteiger partial charge < -0.3 is 0 Å². The average molecular weight is 399 g/mol. The first-order chi connectivity index (χ1) is 13.0. The Kier molecular flexibility index (Phi) is 7.98. The first kappa shape index (κ1) is 22.0. The van der Waals surface area contributed by atoms with Crippen LogP contribution in [0.1, 0.15) is 52.9 Å². The van der Waals surface area contributed by atoms with Crippen LogP contribution in [0.15, 0.2) is 36.7 Å². The van der Waals surface area contributed by atoms with Gasteiger partial charge in [0.2, 0.25) is 0 Å². The van der Waals surface area contributed by atoms with Crippen LogP contribution in [0, 0.1) is 0 Å². The highest BCUT2D eigenvalue weighted by Gasteiger charge is 2.30. The number of nitrogens with zero attached hydrogens (tertiary/aromatic N) is 2. The second-order valence-corrected chi connectivity index (χ2v) is 18.5. The summed E-state index contributed by atoms with van der Waals surface area (Å²) in [6.07, 6.45) is 5.16. The van der Waals surface area contributed by atoms with Gasteiger partial charge in [-0.05, 0) is 22.5 Å². The summed E-state index contributed by atoms with van der Waals surface area (Å²) in [5.41, 5.74) is 2.27. The third-order valence-electron chi connectivity index (χ3n) is 7.30. The highest BCUT2D eigenvalue weighted by Crippen LogP contribution is 2.21. The van der Waals surface area contributed by atoms with E-state index in [1.54, 1.807) is 0 Å². The van der Waals surface area contributed by atoms with Gasteiger partial charge in [0.05, 0.1) is 16.1 Å². The van der Waals surface area contributed by atoms with Crippen molar-refractivity contribution in [3.63, 3.8) is 0 Å². The normalized spacial score (nSPS) is 12.4. The van der Waals surface area contributed by atoms with Crippen molar-refractivity contribution < 1.29 is 0 Å². The molecule has 2 aromatic heterocycles. The topological polar surface area (TPSA) is 25.8 Å². The first-order valence-corrected chi connectivity index (χ1v) is 16.2. The SMILES string of the molecule is CC[Si](CC)(CC)c1ccc(Cc2ccc([Si](CC)(CC)CC)cn2)nc1. The summed E-state index contributed by atoms with van der Waals surface area (Å²) < 4.78 is 0. The van der Waals surface area contributed by atoms with Crippen molar-refractivity contribution in [2.75, 3.05) is 0 Å². The molecule has 2 rings (SSSR count). The lowest BCUT2D eigenvalue weighted by atomic mass is 10.2. The van der Waals surface area contributed by atoms with E-state index in [9.17, 15) is 0 Å². The molecule has 0 aromatic carbocycles. The number of hydrogen-bond donors (Lipinski definition) is 0. The van der Waals surface area contributed by atoms with E-state index in [0.29, 0.717) is 0 Å². The van der Waals surface area contributed by atoms with E-state index in [-0.39, 0.29) is 0 Å². The zero-order valence-corrected chi connectivity index (χ0v) is 20.3. The fourth-order valence-electron chi connectivity index (χ4n) is 4.60. The molecular formula is C23H38N2Si2. The summed E-state index contributed by atoms with van der Waals surface area (Å²) in [7, 11) is -2.65. The Balaban J connectivity index is 2.16. The van der Waals surface area contributed by atoms with Gasteiger partial charge >= 0.3 is 0 Å². The first-order valence-electron chi connectivity index (χ1n) is 10.9. The molecule has 2 aromatic rings. The van der Waals surface area contributed by atoms with E-state index < -0.39 is 16.1 Å². The van der Waals surface area contributed by atoms with Gasteiger partial charge in [-0.3, -0.25) is 9.97 Å². The summed E-state index contributed by atoms with van der Waals surface area (Å²) in [6, 6.07) is 17.0. The molecule has 0 atom stereocenters.